The topological polar surface area (TPSA) is 32.7 Å². The second-order valence-corrected chi connectivity index (χ2v) is 7.48. The van der Waals surface area contributed by atoms with Crippen LogP contribution in [0.1, 0.15) is 32.8 Å². The highest BCUT2D eigenvalue weighted by Crippen LogP contribution is 2.45. The van der Waals surface area contributed by atoms with Gasteiger partial charge in [0.2, 0.25) is 0 Å². The molecule has 0 aromatic heterocycles. The van der Waals surface area contributed by atoms with Gasteiger partial charge in [-0.05, 0) is 45.4 Å². The molecule has 1 aromatic rings. The molecule has 0 unspecified atom stereocenters. The Labute approximate surface area is 142 Å². The molecule has 0 saturated heterocycles. The van der Waals surface area contributed by atoms with Gasteiger partial charge in [0.05, 0.1) is 17.0 Å². The molecule has 1 amide bonds. The van der Waals surface area contributed by atoms with E-state index in [2.05, 4.69) is 5.10 Å². The van der Waals surface area contributed by atoms with E-state index in [-0.39, 0.29) is 11.6 Å². The van der Waals surface area contributed by atoms with E-state index in [0.717, 1.165) is 28.5 Å². The lowest BCUT2D eigenvalue weighted by molar-refractivity contribution is -0.137. The van der Waals surface area contributed by atoms with Crippen molar-refractivity contribution in [3.63, 3.8) is 0 Å². The van der Waals surface area contributed by atoms with Crippen molar-refractivity contribution in [1.29, 1.82) is 0 Å². The number of rotatable bonds is 1. The van der Waals surface area contributed by atoms with Crippen LogP contribution in [0.4, 0.5) is 18.9 Å². The number of carbonyl (C=O) groups excluding carboxylic acids is 1. The van der Waals surface area contributed by atoms with Gasteiger partial charge < -0.3 is 0 Å². The first-order chi connectivity index (χ1) is 11.1. The zero-order chi connectivity index (χ0) is 17.7. The first-order valence-electron chi connectivity index (χ1n) is 7.52. The molecule has 1 aromatic carbocycles. The minimum atomic E-state index is -4.45. The quantitative estimate of drug-likeness (QED) is 0.688. The number of anilines is 1. The number of benzene rings is 1. The fourth-order valence-corrected chi connectivity index (χ4v) is 4.38. The van der Waals surface area contributed by atoms with Gasteiger partial charge in [0, 0.05) is 5.75 Å². The molecule has 2 aliphatic rings. The first kappa shape index (κ1) is 17.1. The van der Waals surface area contributed by atoms with E-state index in [1.54, 1.807) is 6.92 Å². The summed E-state index contributed by atoms with van der Waals surface area (Å²) in [7, 11) is 0. The molecule has 0 radical (unpaired) electrons. The number of hydrazone groups is 1. The van der Waals surface area contributed by atoms with E-state index >= 15 is 0 Å². The van der Waals surface area contributed by atoms with Crippen molar-refractivity contribution in [2.75, 3.05) is 10.8 Å². The first-order valence-corrected chi connectivity index (χ1v) is 8.50. The maximum Gasteiger partial charge on any atom is 0.416 e. The summed E-state index contributed by atoms with van der Waals surface area (Å²) in [6.45, 7) is 5.79. The molecule has 1 spiro atoms. The van der Waals surface area contributed by atoms with Gasteiger partial charge in [-0.1, -0.05) is 17.2 Å². The molecule has 0 aliphatic carbocycles. The molecule has 1 atom stereocenters. The highest BCUT2D eigenvalue weighted by molar-refractivity contribution is 8.02. The predicted molar refractivity (Wildman–Crippen MR) is 90.2 cm³/mol. The van der Waals surface area contributed by atoms with Gasteiger partial charge in [-0.25, -0.2) is 0 Å². The number of nitrogens with zero attached hydrogens (tertiary/aromatic N) is 2. The lowest BCUT2D eigenvalue weighted by Crippen LogP contribution is -2.45. The predicted octanol–water partition coefficient (Wildman–Crippen LogP) is 4.64. The van der Waals surface area contributed by atoms with Crippen molar-refractivity contribution in [1.82, 2.24) is 0 Å². The van der Waals surface area contributed by atoms with Crippen LogP contribution in [0.3, 0.4) is 0 Å². The van der Waals surface area contributed by atoms with Crippen LogP contribution in [0.15, 0.2) is 40.5 Å². The van der Waals surface area contributed by atoms with E-state index in [0.29, 0.717) is 12.1 Å². The maximum atomic E-state index is 13.0. The van der Waals surface area contributed by atoms with Crippen molar-refractivity contribution >= 4 is 29.1 Å². The normalized spacial score (nSPS) is 24.8. The molecule has 2 heterocycles. The number of alkyl halides is 3. The van der Waals surface area contributed by atoms with Crippen LogP contribution in [-0.4, -0.2) is 22.1 Å². The Hall–Kier alpha value is -1.76. The molecule has 0 fully saturated rings. The molecule has 128 valence electrons. The van der Waals surface area contributed by atoms with Crippen LogP contribution in [-0.2, 0) is 11.0 Å². The molecule has 3 rings (SSSR count). The summed E-state index contributed by atoms with van der Waals surface area (Å²) in [5.74, 6) is 0.456. The lowest BCUT2D eigenvalue weighted by atomic mass is 9.92. The summed E-state index contributed by atoms with van der Waals surface area (Å²) in [6, 6.07) is 4.73. The average molecular weight is 354 g/mol. The monoisotopic (exact) mass is 354 g/mol. The Balaban J connectivity index is 1.98. The molecular weight excluding hydrogens is 337 g/mol. The Morgan fingerprint density at radius 1 is 1.21 bits per heavy atom. The Bertz CT molecular complexity index is 769. The summed E-state index contributed by atoms with van der Waals surface area (Å²) in [4.78, 5) is 13.0. The number of halogens is 3. The summed E-state index contributed by atoms with van der Waals surface area (Å²) in [6.07, 6.45) is -3.90. The van der Waals surface area contributed by atoms with Crippen molar-refractivity contribution in [3.05, 3.63) is 41.0 Å². The third kappa shape index (κ3) is 2.64. The Morgan fingerprint density at radius 3 is 2.54 bits per heavy atom. The average Bonchev–Trinajstić information content (AvgIpc) is 2.76. The van der Waals surface area contributed by atoms with E-state index in [9.17, 15) is 18.0 Å². The number of thioether (sulfide) groups is 1. The highest BCUT2D eigenvalue weighted by Gasteiger charge is 2.51. The Morgan fingerprint density at radius 2 is 1.92 bits per heavy atom. The van der Waals surface area contributed by atoms with Crippen LogP contribution in [0.25, 0.3) is 0 Å². The van der Waals surface area contributed by atoms with Crippen molar-refractivity contribution in [2.45, 2.75) is 38.1 Å². The second kappa shape index (κ2) is 5.65. The van der Waals surface area contributed by atoms with Gasteiger partial charge in [0.1, 0.15) is 4.75 Å². The van der Waals surface area contributed by atoms with Gasteiger partial charge in [-0.3, -0.25) is 4.79 Å². The largest absolute Gasteiger partial charge is 0.416 e. The molecule has 2 aliphatic heterocycles. The molecule has 7 heteroatoms. The third-order valence-electron chi connectivity index (χ3n) is 4.57. The third-order valence-corrected chi connectivity index (χ3v) is 6.25. The smallest absolute Gasteiger partial charge is 0.270 e. The fourth-order valence-electron chi connectivity index (χ4n) is 2.89. The van der Waals surface area contributed by atoms with Gasteiger partial charge >= 0.3 is 6.18 Å². The van der Waals surface area contributed by atoms with Crippen LogP contribution >= 0.6 is 11.8 Å². The van der Waals surface area contributed by atoms with Crippen LogP contribution < -0.4 is 5.01 Å². The minimum absolute atomic E-state index is 0.149. The molecule has 0 N–H and O–H groups in total. The van der Waals surface area contributed by atoms with E-state index in [1.807, 2.05) is 13.8 Å². The van der Waals surface area contributed by atoms with E-state index < -0.39 is 16.5 Å². The number of hydrogen-bond acceptors (Lipinski definition) is 3. The van der Waals surface area contributed by atoms with Gasteiger partial charge in [-0.2, -0.15) is 23.3 Å². The molecule has 0 bridgehead atoms. The van der Waals surface area contributed by atoms with Gasteiger partial charge in [-0.15, -0.1) is 11.8 Å². The summed E-state index contributed by atoms with van der Waals surface area (Å²) in [5.41, 5.74) is 2.38. The standard InChI is InChI=1S/C17H17F3N2OS/c1-10-8-16(24-9-11(10)2)12(3)21-22(15(16)23)14-6-4-5-13(7-14)17(18,19)20/h4-7H,8-9H2,1-3H3/t16-/m0/s1. The van der Waals surface area contributed by atoms with Crippen molar-refractivity contribution in [3.8, 4) is 0 Å². The van der Waals surface area contributed by atoms with Crippen LogP contribution in [0, 0.1) is 0 Å². The van der Waals surface area contributed by atoms with E-state index in [1.165, 1.54) is 29.5 Å². The summed E-state index contributed by atoms with van der Waals surface area (Å²) < 4.78 is 38.0. The molecule has 24 heavy (non-hydrogen) atoms. The fraction of sp³-hybridized carbons (Fsp3) is 0.412. The number of carbonyl (C=O) groups is 1. The lowest BCUT2D eigenvalue weighted by Gasteiger charge is -2.32. The highest BCUT2D eigenvalue weighted by atomic mass is 32.2. The molecular formula is C17H17F3N2OS. The van der Waals surface area contributed by atoms with Crippen molar-refractivity contribution < 1.29 is 18.0 Å². The van der Waals surface area contributed by atoms with Gasteiger partial charge in [0.15, 0.2) is 0 Å². The van der Waals surface area contributed by atoms with E-state index in [4.69, 9.17) is 0 Å². The number of hydrogen-bond donors (Lipinski definition) is 0. The zero-order valence-corrected chi connectivity index (χ0v) is 14.4. The van der Waals surface area contributed by atoms with Crippen LogP contribution in [0.2, 0.25) is 0 Å². The van der Waals surface area contributed by atoms with Crippen LogP contribution in [0.5, 0.6) is 0 Å². The Kier molecular flexibility index (Phi) is 4.02. The minimum Gasteiger partial charge on any atom is -0.270 e. The molecule has 0 saturated carbocycles. The summed E-state index contributed by atoms with van der Waals surface area (Å²) in [5, 5.41) is 5.41. The van der Waals surface area contributed by atoms with Crippen molar-refractivity contribution in [2.24, 2.45) is 5.10 Å². The maximum absolute atomic E-state index is 13.0. The van der Waals surface area contributed by atoms with Gasteiger partial charge in [0.25, 0.3) is 5.91 Å². The summed E-state index contributed by atoms with van der Waals surface area (Å²) >= 11 is 1.51. The second-order valence-electron chi connectivity index (χ2n) is 6.20. The number of amides is 1. The SMILES string of the molecule is CC1=NN(c2cccc(C(F)(F)F)c2)C(=O)[C@]12CC(C)=C(C)CS2. The molecule has 3 nitrogen and oxygen atoms in total. The number of allylic oxidation sites excluding steroid dienone is 1. The zero-order valence-electron chi connectivity index (χ0n) is 13.6.